The third-order valence-corrected chi connectivity index (χ3v) is 14.5. The molecule has 0 unspecified atom stereocenters. The van der Waals surface area contributed by atoms with Gasteiger partial charge in [0.05, 0.1) is 49.8 Å². The number of alkyl halides is 2. The molecule has 5 amide bonds. The first-order chi connectivity index (χ1) is 38.7. The van der Waals surface area contributed by atoms with Crippen LogP contribution in [0.1, 0.15) is 84.1 Å². The van der Waals surface area contributed by atoms with Gasteiger partial charge in [0, 0.05) is 86.0 Å². The lowest BCUT2D eigenvalue weighted by atomic mass is 9.85. The van der Waals surface area contributed by atoms with Crippen molar-refractivity contribution in [3.05, 3.63) is 94.9 Å². The molecule has 21 nitrogen and oxygen atoms in total. The van der Waals surface area contributed by atoms with Gasteiger partial charge in [-0.05, 0) is 60.1 Å². The minimum atomic E-state index is -2.74. The molecule has 0 spiro atoms. The summed E-state index contributed by atoms with van der Waals surface area (Å²) in [7, 11) is 2.44. The fourth-order valence-electron chi connectivity index (χ4n) is 10.0. The molecule has 82 heavy (non-hydrogen) atoms. The predicted octanol–water partition coefficient (Wildman–Crippen LogP) is 4.55. The Morgan fingerprint density at radius 2 is 1.48 bits per heavy atom. The van der Waals surface area contributed by atoms with Crippen molar-refractivity contribution >= 4 is 35.9 Å². The Labute approximate surface area is 474 Å². The average Bonchev–Trinajstić information content (AvgIpc) is 1.81. The standard InChI is InChI=1S/C57H74F4N12O9/c1-32(2)47(66-55(79)80-10)50(75)67-48(56(3,4)5)51(76)65-44(19-34-14-11-33(12-15-34)13-16-35-23-63-53(64-24-35)70-25-37-22-38(26-70)73(37)39-30-81-31-39)45(74)28-72(69-52(77)49(57(6,7)8)82-54(78)62-9)27-40-41(58)20-36(21-42(40)59)43-17-18-71(68-43)29-46(60)61/h11-12,14-15,17-18,20-21,23-24,32,37-39,44-49,74H,19,22,25-31H2,1-10H3,(H,62,78)(H,65,76)(H,66,79)(H,67,75)(H,69,77)/t37-,38-,44-,45-,47-,48+,49+/m0/s1. The van der Waals surface area contributed by atoms with Gasteiger partial charge in [-0.2, -0.15) is 5.10 Å². The first kappa shape index (κ1) is 62.2. The van der Waals surface area contributed by atoms with E-state index >= 15 is 8.78 Å². The lowest BCUT2D eigenvalue weighted by Gasteiger charge is -2.60. The number of halogens is 4. The van der Waals surface area contributed by atoms with Crippen LogP contribution in [-0.4, -0.2) is 167 Å². The van der Waals surface area contributed by atoms with E-state index in [1.165, 1.54) is 19.3 Å². The zero-order valence-electron chi connectivity index (χ0n) is 47.8. The Balaban J connectivity index is 1.16. The summed E-state index contributed by atoms with van der Waals surface area (Å²) in [6.45, 7) is 14.5. The van der Waals surface area contributed by atoms with Crippen molar-refractivity contribution in [3.8, 4) is 23.1 Å². The Morgan fingerprint density at radius 1 is 0.841 bits per heavy atom. The molecule has 4 aliphatic heterocycles. The number of aliphatic hydroxyl groups is 1. The maximum absolute atomic E-state index is 16.2. The molecular formula is C57H74F4N12O9. The highest BCUT2D eigenvalue weighted by molar-refractivity contribution is 5.92. The number of hydrogen-bond donors (Lipinski definition) is 6. The van der Waals surface area contributed by atoms with Crippen molar-refractivity contribution in [1.82, 2.24) is 56.4 Å². The van der Waals surface area contributed by atoms with E-state index < -0.39 is 120 Å². The number of carbonyl (C=O) groups is 5. The lowest BCUT2D eigenvalue weighted by Crippen LogP contribution is -2.74. The number of rotatable bonds is 21. The van der Waals surface area contributed by atoms with Crippen LogP contribution in [0.15, 0.2) is 61.1 Å². The van der Waals surface area contributed by atoms with Crippen molar-refractivity contribution in [1.29, 1.82) is 0 Å². The van der Waals surface area contributed by atoms with Gasteiger partial charge in [0.1, 0.15) is 30.3 Å². The number of ether oxygens (including phenoxy) is 3. The van der Waals surface area contributed by atoms with Crippen molar-refractivity contribution in [3.63, 3.8) is 0 Å². The molecule has 4 aromatic rings. The number of amides is 5. The molecule has 7 atom stereocenters. The predicted molar refractivity (Wildman–Crippen MR) is 293 cm³/mol. The molecule has 25 heteroatoms. The molecule has 4 saturated heterocycles. The van der Waals surface area contributed by atoms with Gasteiger partial charge in [0.2, 0.25) is 17.8 Å². The maximum atomic E-state index is 16.2. The Morgan fingerprint density at radius 3 is 2.02 bits per heavy atom. The number of hydrazine groups is 1. The molecule has 6 N–H and O–H groups in total. The van der Waals surface area contributed by atoms with E-state index in [4.69, 9.17) is 14.2 Å². The minimum absolute atomic E-state index is 0.00354. The van der Waals surface area contributed by atoms with Gasteiger partial charge in [-0.25, -0.2) is 42.1 Å². The lowest BCUT2D eigenvalue weighted by molar-refractivity contribution is -0.142. The number of methoxy groups -OCH3 is 1. The number of nitrogens with one attached hydrogen (secondary N) is 5. The molecule has 8 rings (SSSR count). The summed E-state index contributed by atoms with van der Waals surface area (Å²) in [4.78, 5) is 81.5. The highest BCUT2D eigenvalue weighted by Gasteiger charge is 2.50. The molecule has 6 heterocycles. The number of carbonyl (C=O) groups excluding carboxylic acids is 5. The number of aliphatic hydroxyl groups excluding tert-OH is 1. The molecule has 444 valence electrons. The van der Waals surface area contributed by atoms with E-state index in [0.29, 0.717) is 40.8 Å². The Hall–Kier alpha value is -7.40. The number of aromatic nitrogens is 4. The Bertz CT molecular complexity index is 2920. The number of anilines is 1. The van der Waals surface area contributed by atoms with Gasteiger partial charge in [-0.3, -0.25) is 29.4 Å². The number of hydrogen-bond acceptors (Lipinski definition) is 15. The number of benzene rings is 2. The van der Waals surface area contributed by atoms with Gasteiger partial charge >= 0.3 is 12.2 Å². The van der Waals surface area contributed by atoms with Crippen LogP contribution in [0.2, 0.25) is 0 Å². The summed E-state index contributed by atoms with van der Waals surface area (Å²) in [6, 6.07) is 7.88. The smallest absolute Gasteiger partial charge is 0.407 e. The molecule has 0 aliphatic carbocycles. The number of nitrogens with zero attached hydrogens (tertiary/aromatic N) is 7. The highest BCUT2D eigenvalue weighted by atomic mass is 19.3. The van der Waals surface area contributed by atoms with Crippen molar-refractivity contribution in [2.75, 3.05) is 51.9 Å². The zero-order valence-corrected chi connectivity index (χ0v) is 47.8. The van der Waals surface area contributed by atoms with E-state index in [2.05, 4.69) is 63.4 Å². The van der Waals surface area contributed by atoms with Crippen LogP contribution in [0.5, 0.6) is 0 Å². The first-order valence-electron chi connectivity index (χ1n) is 27.1. The van der Waals surface area contributed by atoms with Crippen LogP contribution < -0.4 is 31.6 Å². The van der Waals surface area contributed by atoms with Crippen molar-refractivity contribution in [2.24, 2.45) is 16.7 Å². The second-order valence-electron chi connectivity index (χ2n) is 23.3. The van der Waals surface area contributed by atoms with Gasteiger partial charge < -0.3 is 45.5 Å². The van der Waals surface area contributed by atoms with Gasteiger partial charge in [-0.15, -0.1) is 0 Å². The van der Waals surface area contributed by atoms with Gasteiger partial charge in [0.25, 0.3) is 12.3 Å². The molecule has 2 aromatic heterocycles. The average molecular weight is 1150 g/mol. The topological polar surface area (TPSA) is 247 Å². The summed E-state index contributed by atoms with van der Waals surface area (Å²) in [5.41, 5.74) is 1.66. The fraction of sp³-hybridized carbons (Fsp3) is 0.544. The zero-order chi connectivity index (χ0) is 59.8. The van der Waals surface area contributed by atoms with E-state index in [1.807, 2.05) is 0 Å². The van der Waals surface area contributed by atoms with Crippen molar-refractivity contribution in [2.45, 2.75) is 136 Å². The number of fused-ring (bicyclic) bond motifs is 2. The number of piperazine rings is 1. The first-order valence-corrected chi connectivity index (χ1v) is 27.1. The largest absolute Gasteiger partial charge is 0.453 e. The second kappa shape index (κ2) is 26.7. The van der Waals surface area contributed by atoms with E-state index in [1.54, 1.807) is 92.0 Å². The molecule has 2 bridgehead atoms. The minimum Gasteiger partial charge on any atom is -0.453 e. The Kier molecular flexibility index (Phi) is 20.2. The molecular weight excluding hydrogens is 1070 g/mol. The summed E-state index contributed by atoms with van der Waals surface area (Å²) in [5, 5.41) is 27.8. The molecule has 2 aromatic carbocycles. The maximum Gasteiger partial charge on any atom is 0.407 e. The fourth-order valence-corrected chi connectivity index (χ4v) is 10.0. The summed E-state index contributed by atoms with van der Waals surface area (Å²) < 4.78 is 75.2. The number of piperidine rings is 1. The van der Waals surface area contributed by atoms with Crippen LogP contribution in [0.3, 0.4) is 0 Å². The molecule has 0 saturated carbocycles. The van der Waals surface area contributed by atoms with E-state index in [9.17, 15) is 37.9 Å². The van der Waals surface area contributed by atoms with Crippen LogP contribution in [0, 0.1) is 40.2 Å². The third-order valence-electron chi connectivity index (χ3n) is 14.5. The van der Waals surface area contributed by atoms with Crippen LogP contribution in [-0.2, 0) is 48.1 Å². The second-order valence-corrected chi connectivity index (χ2v) is 23.3. The highest BCUT2D eigenvalue weighted by Crippen LogP contribution is 2.37. The van der Waals surface area contributed by atoms with E-state index in [-0.39, 0.29) is 17.7 Å². The van der Waals surface area contributed by atoms with Crippen molar-refractivity contribution < 1.29 is 60.9 Å². The molecule has 4 aliphatic rings. The van der Waals surface area contributed by atoms with Crippen LogP contribution in [0.25, 0.3) is 11.3 Å². The van der Waals surface area contributed by atoms with Crippen LogP contribution >= 0.6 is 0 Å². The van der Waals surface area contributed by atoms with E-state index in [0.717, 1.165) is 61.7 Å². The molecule has 0 radical (unpaired) electrons. The summed E-state index contributed by atoms with van der Waals surface area (Å²) in [6.07, 6.45) is -2.07. The normalized spacial score (nSPS) is 18.2. The summed E-state index contributed by atoms with van der Waals surface area (Å²) in [5.74, 6) is 1.79. The van der Waals surface area contributed by atoms with Gasteiger partial charge in [0.15, 0.2) is 6.10 Å². The molecule has 4 fully saturated rings. The summed E-state index contributed by atoms with van der Waals surface area (Å²) >= 11 is 0. The van der Waals surface area contributed by atoms with Gasteiger partial charge in [-0.1, -0.05) is 79.4 Å². The SMILES string of the molecule is CNC(=O)O[C@H](C(=O)NN(Cc1c(F)cc(-c2ccn(CC(F)F)n2)cc1F)C[C@H](O)[C@H](Cc1ccc(C#Cc2cnc(N3C[C@@H]4C[C@@H](C3)N4C3COC3)nc2)cc1)NC(=O)[C@@H](NC(=O)[C@@H](NC(=O)OC)C(C)C)C(C)(C)C)C(C)(C)C. The monoisotopic (exact) mass is 1150 g/mol. The van der Waals surface area contributed by atoms with Crippen LogP contribution in [0.4, 0.5) is 33.1 Å². The number of alkyl carbamates (subject to hydrolysis) is 2. The third kappa shape index (κ3) is 16.0. The quantitative estimate of drug-likeness (QED) is 0.0381.